The number of carbonyl (C=O) groups is 1. The average Bonchev–Trinajstić information content (AvgIpc) is 1.97. The van der Waals surface area contributed by atoms with Gasteiger partial charge in [-0.25, -0.2) is 4.79 Å². The highest BCUT2D eigenvalue weighted by atomic mass is 16.7. The summed E-state index contributed by atoms with van der Waals surface area (Å²) in [5.41, 5.74) is -0.511. The molecule has 1 atom stereocenters. The van der Waals surface area contributed by atoms with Crippen LogP contribution in [0.5, 0.6) is 0 Å². The summed E-state index contributed by atoms with van der Waals surface area (Å²) in [5.74, 6) is 0. The van der Waals surface area contributed by atoms with Crippen molar-refractivity contribution in [3.05, 3.63) is 12.2 Å². The second kappa shape index (κ2) is 4.30. The van der Waals surface area contributed by atoms with E-state index >= 15 is 0 Å². The molecule has 3 nitrogen and oxygen atoms in total. The maximum atomic E-state index is 10.4. The van der Waals surface area contributed by atoms with E-state index in [1.54, 1.807) is 0 Å². The fourth-order valence-electron chi connectivity index (χ4n) is 1.62. The molecule has 1 rings (SSSR count). The molecule has 0 spiro atoms. The van der Waals surface area contributed by atoms with E-state index in [9.17, 15) is 4.79 Å². The quantitative estimate of drug-likeness (QED) is 0.503. The molecule has 74 valence electrons. The summed E-state index contributed by atoms with van der Waals surface area (Å²) in [7, 11) is 0. The molecule has 0 amide bonds. The van der Waals surface area contributed by atoms with Crippen molar-refractivity contribution in [2.24, 2.45) is 0 Å². The van der Waals surface area contributed by atoms with E-state index in [0.717, 1.165) is 25.7 Å². The number of hydrogen-bond donors (Lipinski definition) is 1. The number of rotatable bonds is 1. The molecule has 0 saturated carbocycles. The minimum atomic E-state index is -1.17. The Morgan fingerprint density at radius 3 is 2.92 bits per heavy atom. The second-order valence-electron chi connectivity index (χ2n) is 3.74. The maximum absolute atomic E-state index is 10.4. The molecule has 0 saturated heterocycles. The first-order valence-electron chi connectivity index (χ1n) is 4.69. The second-order valence-corrected chi connectivity index (χ2v) is 3.74. The molecule has 0 aliphatic heterocycles. The van der Waals surface area contributed by atoms with Crippen molar-refractivity contribution >= 4 is 6.16 Å². The minimum absolute atomic E-state index is 0.511. The SMILES string of the molecule is CC1(OC(=O)O)CC=CCCCC1. The Hall–Kier alpha value is -0.990. The largest absolute Gasteiger partial charge is 0.506 e. The molecule has 1 aliphatic rings. The Labute approximate surface area is 78.4 Å². The first kappa shape index (κ1) is 10.1. The number of allylic oxidation sites excluding steroid dienone is 1. The van der Waals surface area contributed by atoms with E-state index in [1.165, 1.54) is 0 Å². The summed E-state index contributed by atoms with van der Waals surface area (Å²) in [5, 5.41) is 8.55. The van der Waals surface area contributed by atoms with Crippen LogP contribution in [0.25, 0.3) is 0 Å². The Morgan fingerprint density at radius 1 is 1.46 bits per heavy atom. The summed E-state index contributed by atoms with van der Waals surface area (Å²) in [6.07, 6.45) is 7.72. The van der Waals surface area contributed by atoms with Gasteiger partial charge in [-0.2, -0.15) is 0 Å². The molecule has 1 N–H and O–H groups in total. The molecule has 3 heteroatoms. The Morgan fingerprint density at radius 2 is 2.23 bits per heavy atom. The first-order valence-corrected chi connectivity index (χ1v) is 4.69. The van der Waals surface area contributed by atoms with Crippen molar-refractivity contribution in [3.8, 4) is 0 Å². The zero-order valence-electron chi connectivity index (χ0n) is 7.95. The molecule has 1 unspecified atom stereocenters. The van der Waals surface area contributed by atoms with Crippen molar-refractivity contribution in [1.82, 2.24) is 0 Å². The van der Waals surface area contributed by atoms with Crippen LogP contribution in [-0.2, 0) is 4.74 Å². The third-order valence-electron chi connectivity index (χ3n) is 2.38. The van der Waals surface area contributed by atoms with E-state index in [4.69, 9.17) is 9.84 Å². The van der Waals surface area contributed by atoms with Gasteiger partial charge in [-0.1, -0.05) is 12.2 Å². The molecular weight excluding hydrogens is 168 g/mol. The van der Waals surface area contributed by atoms with Crippen LogP contribution in [0.1, 0.15) is 39.0 Å². The lowest BCUT2D eigenvalue weighted by molar-refractivity contribution is -0.0127. The average molecular weight is 184 g/mol. The Bertz CT molecular complexity index is 210. The third kappa shape index (κ3) is 3.49. The maximum Gasteiger partial charge on any atom is 0.506 e. The van der Waals surface area contributed by atoms with Crippen LogP contribution in [0.2, 0.25) is 0 Å². The first-order chi connectivity index (χ1) is 6.12. The van der Waals surface area contributed by atoms with Gasteiger partial charge >= 0.3 is 6.16 Å². The van der Waals surface area contributed by atoms with Gasteiger partial charge in [-0.15, -0.1) is 0 Å². The highest BCUT2D eigenvalue weighted by molar-refractivity contribution is 5.57. The van der Waals surface area contributed by atoms with Crippen LogP contribution in [0.15, 0.2) is 12.2 Å². The zero-order chi connectivity index (χ0) is 9.73. The normalized spacial score (nSPS) is 29.0. The fourth-order valence-corrected chi connectivity index (χ4v) is 1.62. The van der Waals surface area contributed by atoms with E-state index < -0.39 is 11.8 Å². The fraction of sp³-hybridized carbons (Fsp3) is 0.700. The summed E-state index contributed by atoms with van der Waals surface area (Å²) >= 11 is 0. The third-order valence-corrected chi connectivity index (χ3v) is 2.38. The van der Waals surface area contributed by atoms with Crippen molar-refractivity contribution in [2.75, 3.05) is 0 Å². The summed E-state index contributed by atoms with van der Waals surface area (Å²) in [6.45, 7) is 1.86. The van der Waals surface area contributed by atoms with Gasteiger partial charge in [0, 0.05) is 6.42 Å². The van der Waals surface area contributed by atoms with Gasteiger partial charge in [-0.3, -0.25) is 0 Å². The highest BCUT2D eigenvalue weighted by Crippen LogP contribution is 2.26. The molecule has 0 fully saturated rings. The van der Waals surface area contributed by atoms with Crippen molar-refractivity contribution in [1.29, 1.82) is 0 Å². The molecule has 0 aromatic rings. The van der Waals surface area contributed by atoms with E-state index in [2.05, 4.69) is 6.08 Å². The predicted octanol–water partition coefficient (Wildman–Crippen LogP) is 2.96. The van der Waals surface area contributed by atoms with E-state index in [-0.39, 0.29) is 0 Å². The van der Waals surface area contributed by atoms with Gasteiger partial charge in [0.2, 0.25) is 0 Å². The molecule has 0 heterocycles. The summed E-state index contributed by atoms with van der Waals surface area (Å²) < 4.78 is 4.88. The number of carboxylic acid groups (broad SMARTS) is 1. The summed E-state index contributed by atoms with van der Waals surface area (Å²) in [4.78, 5) is 10.4. The van der Waals surface area contributed by atoms with Crippen molar-refractivity contribution in [3.63, 3.8) is 0 Å². The van der Waals surface area contributed by atoms with Gasteiger partial charge in [0.15, 0.2) is 0 Å². The number of hydrogen-bond acceptors (Lipinski definition) is 2. The minimum Gasteiger partial charge on any atom is -0.450 e. The molecule has 13 heavy (non-hydrogen) atoms. The topological polar surface area (TPSA) is 46.5 Å². The van der Waals surface area contributed by atoms with Crippen LogP contribution in [0, 0.1) is 0 Å². The summed E-state index contributed by atoms with van der Waals surface area (Å²) in [6, 6.07) is 0. The lowest BCUT2D eigenvalue weighted by Crippen LogP contribution is -2.31. The molecule has 0 radical (unpaired) electrons. The van der Waals surface area contributed by atoms with Crippen LogP contribution in [0.3, 0.4) is 0 Å². The van der Waals surface area contributed by atoms with E-state index in [1.807, 2.05) is 13.0 Å². The van der Waals surface area contributed by atoms with Crippen LogP contribution >= 0.6 is 0 Å². The lowest BCUT2D eigenvalue weighted by Gasteiger charge is -2.27. The smallest absolute Gasteiger partial charge is 0.450 e. The van der Waals surface area contributed by atoms with Gasteiger partial charge in [0.1, 0.15) is 5.60 Å². The van der Waals surface area contributed by atoms with Gasteiger partial charge in [0.25, 0.3) is 0 Å². The highest BCUT2D eigenvalue weighted by Gasteiger charge is 2.27. The lowest BCUT2D eigenvalue weighted by atomic mass is 9.92. The standard InChI is InChI=1S/C10H16O3/c1-10(13-9(11)12)7-5-3-2-4-6-8-10/h3,5H,2,4,6-8H2,1H3,(H,11,12). The molecule has 0 aromatic carbocycles. The van der Waals surface area contributed by atoms with E-state index in [0.29, 0.717) is 6.42 Å². The zero-order valence-corrected chi connectivity index (χ0v) is 7.95. The molecular formula is C10H16O3. The van der Waals surface area contributed by atoms with Gasteiger partial charge in [0.05, 0.1) is 0 Å². The monoisotopic (exact) mass is 184 g/mol. The van der Waals surface area contributed by atoms with Gasteiger partial charge < -0.3 is 9.84 Å². The Kier molecular flexibility index (Phi) is 3.34. The van der Waals surface area contributed by atoms with Crippen LogP contribution < -0.4 is 0 Å². The van der Waals surface area contributed by atoms with Crippen molar-refractivity contribution < 1.29 is 14.6 Å². The number of ether oxygens (including phenoxy) is 1. The van der Waals surface area contributed by atoms with Gasteiger partial charge in [-0.05, 0) is 32.6 Å². The van der Waals surface area contributed by atoms with Crippen molar-refractivity contribution in [2.45, 2.75) is 44.6 Å². The Balaban J connectivity index is 2.57. The van der Waals surface area contributed by atoms with Crippen LogP contribution in [-0.4, -0.2) is 16.9 Å². The molecule has 0 bridgehead atoms. The molecule has 1 aliphatic carbocycles. The van der Waals surface area contributed by atoms with Crippen LogP contribution in [0.4, 0.5) is 4.79 Å². The molecule has 0 aromatic heterocycles. The predicted molar refractivity (Wildman–Crippen MR) is 49.7 cm³/mol.